The predicted molar refractivity (Wildman–Crippen MR) is 80.9 cm³/mol. The first-order valence-corrected chi connectivity index (χ1v) is 7.61. The first-order valence-electron chi connectivity index (χ1n) is 7.61. The monoisotopic (exact) mass is 265 g/mol. The quantitative estimate of drug-likeness (QED) is 0.609. The normalized spacial score (nSPS) is 12.6. The molecule has 0 aromatic heterocycles. The Hall–Kier alpha value is -0.890. The van der Waals surface area contributed by atoms with E-state index in [1.165, 1.54) is 38.5 Å². The third kappa shape index (κ3) is 6.20. The van der Waals surface area contributed by atoms with Crippen molar-refractivity contribution in [1.82, 2.24) is 5.32 Å². The van der Waals surface area contributed by atoms with Crippen molar-refractivity contribution in [3.8, 4) is 0 Å². The van der Waals surface area contributed by atoms with Gasteiger partial charge in [0.15, 0.2) is 0 Å². The van der Waals surface area contributed by atoms with E-state index < -0.39 is 0 Å². The fourth-order valence-electron chi connectivity index (χ4n) is 2.57. The highest BCUT2D eigenvalue weighted by molar-refractivity contribution is 5.26. The summed E-state index contributed by atoms with van der Waals surface area (Å²) in [5.74, 6) is -0.127. The number of hydrogen-bond acceptors (Lipinski definition) is 1. The molecule has 0 radical (unpaired) electrons. The predicted octanol–water partition coefficient (Wildman–Crippen LogP) is 5.15. The van der Waals surface area contributed by atoms with E-state index in [4.69, 9.17) is 0 Å². The van der Waals surface area contributed by atoms with Crippen LogP contribution in [0.1, 0.15) is 69.0 Å². The van der Waals surface area contributed by atoms with Crippen LogP contribution in [0.2, 0.25) is 0 Å². The minimum atomic E-state index is -0.127. The van der Waals surface area contributed by atoms with Crippen LogP contribution in [0.3, 0.4) is 0 Å². The second kappa shape index (κ2) is 9.08. The molecule has 0 aliphatic rings. The number of halogens is 1. The lowest BCUT2D eigenvalue weighted by Gasteiger charge is -2.17. The van der Waals surface area contributed by atoms with E-state index in [2.05, 4.69) is 18.3 Å². The van der Waals surface area contributed by atoms with Crippen LogP contribution in [0.4, 0.5) is 4.39 Å². The lowest BCUT2D eigenvalue weighted by atomic mass is 9.98. The van der Waals surface area contributed by atoms with Crippen molar-refractivity contribution in [2.75, 3.05) is 7.05 Å². The van der Waals surface area contributed by atoms with E-state index in [-0.39, 0.29) is 11.9 Å². The summed E-state index contributed by atoms with van der Waals surface area (Å²) in [4.78, 5) is 0. The van der Waals surface area contributed by atoms with Gasteiger partial charge in [-0.3, -0.25) is 0 Å². The zero-order valence-electron chi connectivity index (χ0n) is 12.6. The molecule has 1 nitrogen and oxygen atoms in total. The summed E-state index contributed by atoms with van der Waals surface area (Å²) in [6.07, 6.45) is 8.90. The lowest BCUT2D eigenvalue weighted by Crippen LogP contribution is -2.16. The molecule has 2 heteroatoms. The molecule has 0 spiro atoms. The Balaban J connectivity index is 2.40. The highest BCUT2D eigenvalue weighted by Gasteiger charge is 2.10. The van der Waals surface area contributed by atoms with Crippen LogP contribution in [-0.2, 0) is 0 Å². The molecule has 0 saturated carbocycles. The standard InChI is InChI=1S/C17H28FN/c1-4-5-6-7-8-9-10-17(19-3)15-11-14(2)12-16(18)13-15/h11-13,17,19H,4-10H2,1-3H3. The molecule has 1 rings (SSSR count). The molecule has 0 fully saturated rings. The van der Waals surface area contributed by atoms with Gasteiger partial charge in [-0.1, -0.05) is 51.5 Å². The third-order valence-corrected chi connectivity index (χ3v) is 3.66. The molecular weight excluding hydrogens is 237 g/mol. The number of benzene rings is 1. The first kappa shape index (κ1) is 16.2. The van der Waals surface area contributed by atoms with Gasteiger partial charge in [0.25, 0.3) is 0 Å². The Morgan fingerprint density at radius 2 is 1.74 bits per heavy atom. The SMILES string of the molecule is CCCCCCCCC(NC)c1cc(C)cc(F)c1. The molecule has 1 atom stereocenters. The van der Waals surface area contributed by atoms with Crippen molar-refractivity contribution >= 4 is 0 Å². The molecule has 1 N–H and O–H groups in total. The zero-order valence-corrected chi connectivity index (χ0v) is 12.6. The molecule has 108 valence electrons. The van der Waals surface area contributed by atoms with E-state index in [1.807, 2.05) is 14.0 Å². The smallest absolute Gasteiger partial charge is 0.123 e. The summed E-state index contributed by atoms with van der Waals surface area (Å²) in [5, 5.41) is 3.31. The van der Waals surface area contributed by atoms with Gasteiger partial charge in [0.05, 0.1) is 0 Å². The van der Waals surface area contributed by atoms with Crippen LogP contribution in [-0.4, -0.2) is 7.05 Å². The van der Waals surface area contributed by atoms with Crippen molar-refractivity contribution in [2.45, 2.75) is 64.8 Å². The van der Waals surface area contributed by atoms with Crippen molar-refractivity contribution in [3.05, 3.63) is 35.1 Å². The summed E-state index contributed by atoms with van der Waals surface area (Å²) in [6, 6.07) is 5.61. The Bertz CT molecular complexity index is 342. The molecule has 0 aliphatic carbocycles. The molecule has 0 amide bonds. The molecule has 19 heavy (non-hydrogen) atoms. The van der Waals surface area contributed by atoms with Crippen LogP contribution < -0.4 is 5.32 Å². The summed E-state index contributed by atoms with van der Waals surface area (Å²) in [7, 11) is 1.96. The Morgan fingerprint density at radius 1 is 1.05 bits per heavy atom. The number of hydrogen-bond donors (Lipinski definition) is 1. The van der Waals surface area contributed by atoms with Crippen molar-refractivity contribution in [1.29, 1.82) is 0 Å². The van der Waals surface area contributed by atoms with Gasteiger partial charge in [-0.2, -0.15) is 0 Å². The van der Waals surface area contributed by atoms with E-state index >= 15 is 0 Å². The second-order valence-corrected chi connectivity index (χ2v) is 5.46. The fourth-order valence-corrected chi connectivity index (χ4v) is 2.57. The molecule has 1 aromatic carbocycles. The van der Waals surface area contributed by atoms with Crippen LogP contribution >= 0.6 is 0 Å². The van der Waals surface area contributed by atoms with E-state index in [1.54, 1.807) is 12.1 Å². The second-order valence-electron chi connectivity index (χ2n) is 5.46. The highest BCUT2D eigenvalue weighted by atomic mass is 19.1. The molecule has 0 aliphatic heterocycles. The number of aryl methyl sites for hydroxylation is 1. The minimum Gasteiger partial charge on any atom is -0.313 e. The summed E-state index contributed by atoms with van der Waals surface area (Å²) in [6.45, 7) is 4.19. The van der Waals surface area contributed by atoms with Crippen LogP contribution in [0.5, 0.6) is 0 Å². The van der Waals surface area contributed by atoms with Gasteiger partial charge in [-0.05, 0) is 43.7 Å². The van der Waals surface area contributed by atoms with Crippen molar-refractivity contribution in [3.63, 3.8) is 0 Å². The largest absolute Gasteiger partial charge is 0.313 e. The van der Waals surface area contributed by atoms with Crippen molar-refractivity contribution < 1.29 is 4.39 Å². The molecule has 0 saturated heterocycles. The van der Waals surface area contributed by atoms with Gasteiger partial charge in [0, 0.05) is 6.04 Å². The Labute approximate surface area is 117 Å². The van der Waals surface area contributed by atoms with E-state index in [9.17, 15) is 4.39 Å². The Kier molecular flexibility index (Phi) is 7.73. The fraction of sp³-hybridized carbons (Fsp3) is 0.647. The maximum atomic E-state index is 13.4. The summed E-state index contributed by atoms with van der Waals surface area (Å²) < 4.78 is 13.4. The van der Waals surface area contributed by atoms with Crippen LogP contribution in [0.15, 0.2) is 18.2 Å². The molecule has 0 heterocycles. The van der Waals surface area contributed by atoms with Gasteiger partial charge in [0.1, 0.15) is 5.82 Å². The van der Waals surface area contributed by atoms with Gasteiger partial charge in [-0.15, -0.1) is 0 Å². The molecule has 0 bridgehead atoms. The first-order chi connectivity index (χ1) is 9.17. The van der Waals surface area contributed by atoms with E-state index in [0.29, 0.717) is 0 Å². The number of rotatable bonds is 9. The average Bonchev–Trinajstić information content (AvgIpc) is 2.37. The van der Waals surface area contributed by atoms with Crippen LogP contribution in [0, 0.1) is 12.7 Å². The maximum absolute atomic E-state index is 13.4. The van der Waals surface area contributed by atoms with Crippen LogP contribution in [0.25, 0.3) is 0 Å². The third-order valence-electron chi connectivity index (χ3n) is 3.66. The number of nitrogens with one attached hydrogen (secondary N) is 1. The molecular formula is C17H28FN. The minimum absolute atomic E-state index is 0.127. The van der Waals surface area contributed by atoms with Gasteiger partial charge >= 0.3 is 0 Å². The summed E-state index contributed by atoms with van der Waals surface area (Å²) in [5.41, 5.74) is 2.08. The van der Waals surface area contributed by atoms with Gasteiger partial charge in [0.2, 0.25) is 0 Å². The highest BCUT2D eigenvalue weighted by Crippen LogP contribution is 2.22. The average molecular weight is 265 g/mol. The molecule has 1 unspecified atom stereocenters. The molecule has 1 aromatic rings. The van der Waals surface area contributed by atoms with Gasteiger partial charge < -0.3 is 5.32 Å². The maximum Gasteiger partial charge on any atom is 0.123 e. The number of unbranched alkanes of at least 4 members (excludes halogenated alkanes) is 5. The van der Waals surface area contributed by atoms with E-state index in [0.717, 1.165) is 17.5 Å². The van der Waals surface area contributed by atoms with Gasteiger partial charge in [-0.25, -0.2) is 4.39 Å². The lowest BCUT2D eigenvalue weighted by molar-refractivity contribution is 0.495. The zero-order chi connectivity index (χ0) is 14.1. The van der Waals surface area contributed by atoms with Crippen molar-refractivity contribution in [2.24, 2.45) is 0 Å². The topological polar surface area (TPSA) is 12.0 Å². The Morgan fingerprint density at radius 3 is 2.37 bits per heavy atom. The summed E-state index contributed by atoms with van der Waals surface area (Å²) >= 11 is 0.